The van der Waals surface area contributed by atoms with Gasteiger partial charge >= 0.3 is 0 Å². The Morgan fingerprint density at radius 2 is 1.80 bits per heavy atom. The maximum absolute atomic E-state index is 9.00. The van der Waals surface area contributed by atoms with E-state index in [1.54, 1.807) is 7.11 Å². The minimum absolute atomic E-state index is 0.150. The molecule has 0 atom stereocenters. The van der Waals surface area contributed by atoms with Gasteiger partial charge in [0, 0.05) is 26.7 Å². The number of rotatable bonds is 11. The van der Waals surface area contributed by atoms with E-state index < -0.39 is 0 Å². The van der Waals surface area contributed by atoms with E-state index in [0.29, 0.717) is 26.3 Å². The Kier molecular flexibility index (Phi) is 8.98. The van der Waals surface area contributed by atoms with Gasteiger partial charge in [-0.2, -0.15) is 0 Å². The molecule has 1 aromatic rings. The zero-order chi connectivity index (χ0) is 14.6. The topological polar surface area (TPSA) is 68.0 Å². The van der Waals surface area contributed by atoms with Crippen LogP contribution in [0, 0.1) is 0 Å². The average Bonchev–Trinajstić information content (AvgIpc) is 2.47. The van der Waals surface area contributed by atoms with Gasteiger partial charge in [0.05, 0.1) is 13.2 Å². The minimum Gasteiger partial charge on any atom is -0.492 e. The molecule has 5 heteroatoms. The summed E-state index contributed by atoms with van der Waals surface area (Å²) in [4.78, 5) is 2.12. The predicted octanol–water partition coefficient (Wildman–Crippen LogP) is 0.507. The molecular formula is C15H26N2O3. The highest BCUT2D eigenvalue weighted by Gasteiger charge is 2.04. The molecule has 3 N–H and O–H groups in total. The maximum atomic E-state index is 9.00. The molecule has 0 aromatic heterocycles. The fourth-order valence-corrected chi connectivity index (χ4v) is 1.91. The third-order valence-electron chi connectivity index (χ3n) is 3.06. The lowest BCUT2D eigenvalue weighted by Crippen LogP contribution is -2.33. The van der Waals surface area contributed by atoms with Crippen molar-refractivity contribution >= 4 is 0 Å². The number of benzene rings is 1. The number of ether oxygens (including phenoxy) is 2. The van der Waals surface area contributed by atoms with Gasteiger partial charge in [-0.15, -0.1) is 0 Å². The quantitative estimate of drug-likeness (QED) is 0.619. The van der Waals surface area contributed by atoms with Crippen molar-refractivity contribution in [2.75, 3.05) is 53.1 Å². The molecule has 1 aromatic carbocycles. The lowest BCUT2D eigenvalue weighted by Gasteiger charge is -2.20. The summed E-state index contributed by atoms with van der Waals surface area (Å²) in [5.74, 6) is 0.862. The zero-order valence-corrected chi connectivity index (χ0v) is 12.3. The van der Waals surface area contributed by atoms with Crippen molar-refractivity contribution in [2.45, 2.75) is 6.42 Å². The number of methoxy groups -OCH3 is 1. The van der Waals surface area contributed by atoms with Crippen LogP contribution in [0.15, 0.2) is 24.3 Å². The molecule has 114 valence electrons. The average molecular weight is 282 g/mol. The molecule has 0 spiro atoms. The van der Waals surface area contributed by atoms with Crippen molar-refractivity contribution < 1.29 is 14.6 Å². The molecule has 0 unspecified atom stereocenters. The molecular weight excluding hydrogens is 256 g/mol. The van der Waals surface area contributed by atoms with E-state index >= 15 is 0 Å². The number of nitrogens with zero attached hydrogens (tertiary/aromatic N) is 1. The van der Waals surface area contributed by atoms with E-state index in [4.69, 9.17) is 20.3 Å². The largest absolute Gasteiger partial charge is 0.492 e. The van der Waals surface area contributed by atoms with Crippen LogP contribution in [0.5, 0.6) is 5.75 Å². The smallest absolute Gasteiger partial charge is 0.119 e. The highest BCUT2D eigenvalue weighted by Crippen LogP contribution is 2.12. The summed E-state index contributed by atoms with van der Waals surface area (Å²) in [5.41, 5.74) is 6.74. The van der Waals surface area contributed by atoms with Crippen molar-refractivity contribution in [3.05, 3.63) is 29.8 Å². The van der Waals surface area contributed by atoms with Crippen LogP contribution in [-0.4, -0.2) is 63.1 Å². The Bertz CT molecular complexity index is 343. The molecule has 0 radical (unpaired) electrons. The molecule has 0 aliphatic rings. The Hall–Kier alpha value is -1.14. The Morgan fingerprint density at radius 3 is 2.40 bits per heavy atom. The second-order valence-electron chi connectivity index (χ2n) is 4.59. The molecule has 0 bridgehead atoms. The Labute approximate surface area is 121 Å². The van der Waals surface area contributed by atoms with Gasteiger partial charge in [-0.25, -0.2) is 0 Å². The van der Waals surface area contributed by atoms with E-state index in [-0.39, 0.29) is 6.61 Å². The van der Waals surface area contributed by atoms with E-state index in [1.807, 2.05) is 24.3 Å². The number of aliphatic hydroxyl groups excluding tert-OH is 1. The summed E-state index contributed by atoms with van der Waals surface area (Å²) in [7, 11) is 1.68. The van der Waals surface area contributed by atoms with E-state index in [9.17, 15) is 0 Å². The van der Waals surface area contributed by atoms with Crippen LogP contribution in [0.3, 0.4) is 0 Å². The summed E-state index contributed by atoms with van der Waals surface area (Å²) in [5, 5.41) is 9.00. The van der Waals surface area contributed by atoms with E-state index in [2.05, 4.69) is 4.90 Å². The van der Waals surface area contributed by atoms with Crippen LogP contribution < -0.4 is 10.5 Å². The first-order valence-corrected chi connectivity index (χ1v) is 7.04. The van der Waals surface area contributed by atoms with E-state index in [0.717, 1.165) is 25.3 Å². The first-order valence-electron chi connectivity index (χ1n) is 7.04. The van der Waals surface area contributed by atoms with Crippen molar-refractivity contribution in [2.24, 2.45) is 5.73 Å². The first-order chi connectivity index (χ1) is 9.80. The number of hydrogen-bond donors (Lipinski definition) is 2. The van der Waals surface area contributed by atoms with E-state index in [1.165, 1.54) is 5.56 Å². The molecule has 5 nitrogen and oxygen atoms in total. The fraction of sp³-hybridized carbons (Fsp3) is 0.600. The highest BCUT2D eigenvalue weighted by molar-refractivity contribution is 5.27. The highest BCUT2D eigenvalue weighted by atomic mass is 16.5. The van der Waals surface area contributed by atoms with Gasteiger partial charge in [0.15, 0.2) is 0 Å². The third kappa shape index (κ3) is 6.86. The van der Waals surface area contributed by atoms with Gasteiger partial charge in [-0.05, 0) is 30.7 Å². The Morgan fingerprint density at radius 1 is 1.10 bits per heavy atom. The molecule has 1 rings (SSSR count). The number of aliphatic hydroxyl groups is 1. The van der Waals surface area contributed by atoms with Crippen molar-refractivity contribution in [3.63, 3.8) is 0 Å². The molecule has 0 aliphatic carbocycles. The SMILES string of the molecule is COCCN(CCO)CCOc1ccc(CCN)cc1. The van der Waals surface area contributed by atoms with Crippen LogP contribution >= 0.6 is 0 Å². The monoisotopic (exact) mass is 282 g/mol. The molecule has 0 fully saturated rings. The summed E-state index contributed by atoms with van der Waals surface area (Å²) in [6.45, 7) is 4.29. The summed E-state index contributed by atoms with van der Waals surface area (Å²) < 4.78 is 10.7. The first kappa shape index (κ1) is 16.9. The maximum Gasteiger partial charge on any atom is 0.119 e. The number of nitrogens with two attached hydrogens (primary N) is 1. The second kappa shape index (κ2) is 10.6. The predicted molar refractivity (Wildman–Crippen MR) is 80.1 cm³/mol. The van der Waals surface area contributed by atoms with Crippen molar-refractivity contribution in [1.29, 1.82) is 0 Å². The van der Waals surface area contributed by atoms with Crippen LogP contribution in [0.2, 0.25) is 0 Å². The van der Waals surface area contributed by atoms with Gasteiger partial charge in [-0.3, -0.25) is 4.90 Å². The number of hydrogen-bond acceptors (Lipinski definition) is 5. The second-order valence-corrected chi connectivity index (χ2v) is 4.59. The standard InChI is InChI=1S/C15H26N2O3/c1-19-12-9-17(8-11-18)10-13-20-15-4-2-14(3-5-15)6-7-16/h2-5,18H,6-13,16H2,1H3. The van der Waals surface area contributed by atoms with Crippen LogP contribution in [-0.2, 0) is 11.2 Å². The summed E-state index contributed by atoms with van der Waals surface area (Å²) >= 11 is 0. The lowest BCUT2D eigenvalue weighted by molar-refractivity contribution is 0.118. The third-order valence-corrected chi connectivity index (χ3v) is 3.06. The van der Waals surface area contributed by atoms with Gasteiger partial charge in [0.25, 0.3) is 0 Å². The molecule has 0 saturated heterocycles. The molecule has 0 amide bonds. The zero-order valence-electron chi connectivity index (χ0n) is 12.3. The normalized spacial score (nSPS) is 11.0. The molecule has 0 aliphatic heterocycles. The van der Waals surface area contributed by atoms with Crippen molar-refractivity contribution in [1.82, 2.24) is 4.90 Å². The van der Waals surface area contributed by atoms with Crippen LogP contribution in [0.1, 0.15) is 5.56 Å². The van der Waals surface area contributed by atoms with Crippen molar-refractivity contribution in [3.8, 4) is 5.75 Å². The fourth-order valence-electron chi connectivity index (χ4n) is 1.91. The minimum atomic E-state index is 0.150. The van der Waals surface area contributed by atoms with Gasteiger partial charge in [-0.1, -0.05) is 12.1 Å². The molecule has 20 heavy (non-hydrogen) atoms. The summed E-state index contributed by atoms with van der Waals surface area (Å²) in [6.07, 6.45) is 0.890. The van der Waals surface area contributed by atoms with Gasteiger partial charge < -0.3 is 20.3 Å². The van der Waals surface area contributed by atoms with Crippen LogP contribution in [0.4, 0.5) is 0 Å². The molecule has 0 saturated carbocycles. The van der Waals surface area contributed by atoms with Gasteiger partial charge in [0.2, 0.25) is 0 Å². The molecule has 0 heterocycles. The Balaban J connectivity index is 2.30. The lowest BCUT2D eigenvalue weighted by atomic mass is 10.1. The summed E-state index contributed by atoms with van der Waals surface area (Å²) in [6, 6.07) is 8.02. The van der Waals surface area contributed by atoms with Gasteiger partial charge in [0.1, 0.15) is 12.4 Å². The van der Waals surface area contributed by atoms with Crippen LogP contribution in [0.25, 0.3) is 0 Å².